The Labute approximate surface area is 617 Å². The first-order chi connectivity index (χ1) is 46.0. The van der Waals surface area contributed by atoms with Crippen LogP contribution in [0.3, 0.4) is 0 Å². The Hall–Kier alpha value is -8.66. The number of ether oxygens (including phenoxy) is 4. The number of carbonyl (C=O) groups is 1. The first kappa shape index (κ1) is 80.0. The van der Waals surface area contributed by atoms with E-state index in [-0.39, 0.29) is 41.2 Å². The summed E-state index contributed by atoms with van der Waals surface area (Å²) in [6, 6.07) is 85.1. The van der Waals surface area contributed by atoms with E-state index in [4.69, 9.17) is 40.8 Å². The molecule has 0 saturated heterocycles. The number of nitrogen functional groups attached to an aromatic ring is 2. The van der Waals surface area contributed by atoms with Gasteiger partial charge in [-0.05, 0) is 169 Å². The predicted molar refractivity (Wildman–Crippen MR) is 404 cm³/mol. The van der Waals surface area contributed by atoms with E-state index in [1.54, 1.807) is 62.6 Å². The molecular weight excluding hydrogens is 1420 g/mol. The molecule has 20 heteroatoms. The van der Waals surface area contributed by atoms with Crippen molar-refractivity contribution >= 4 is 94.4 Å². The summed E-state index contributed by atoms with van der Waals surface area (Å²) in [5, 5.41) is 42.9. The number of benzene rings is 10. The van der Waals surface area contributed by atoms with Gasteiger partial charge in [0.05, 0.1) is 39.1 Å². The van der Waals surface area contributed by atoms with E-state index < -0.39 is 34.6 Å². The van der Waals surface area contributed by atoms with E-state index in [9.17, 15) is 15.0 Å². The number of carboxylic acid groups (broad SMARTS) is 1. The van der Waals surface area contributed by atoms with Crippen LogP contribution in [0.2, 0.25) is 39.3 Å². The van der Waals surface area contributed by atoms with E-state index in [2.05, 4.69) is 105 Å². The average Bonchev–Trinajstić information content (AvgIpc) is 1.16. The summed E-state index contributed by atoms with van der Waals surface area (Å²) in [5.74, 6) is 2.09. The van der Waals surface area contributed by atoms with Gasteiger partial charge in [-0.1, -0.05) is 184 Å². The Kier molecular flexibility index (Phi) is 32.4. The quantitative estimate of drug-likeness (QED) is 0.0290. The third kappa shape index (κ3) is 25.3. The number of carboxylic acids is 1. The van der Waals surface area contributed by atoms with Crippen LogP contribution in [0.1, 0.15) is 72.9 Å². The molecular formula is C78H81Br2ClMgN6O8Si2. The number of hydrogen-bond donors (Lipinski definition) is 5. The molecule has 0 aliphatic carbocycles. The molecule has 0 spiro atoms. The minimum absolute atomic E-state index is 0. The standard InChI is InChI=1S/C20H18BrNO2.C20H19NO2.C14H13BrO2.C12H9N3O2.C12H22NSi2.ClH.Mg/c21-18-12-16(20(23)15-7-4-8-17(22)11-15)9-10-19(18)24-13-14-5-2-1-3-6-14;21-18-8-4-7-17(13-18)20(22)16-9-11-19(12-10-16)23-14-15-5-2-1-3-6-15;1-16-12-7-8-14(13(15)9-12)17-10-11-5-3-2-4-6-11;1-8-5-11(12(16)17)15(14-8)10-4-2-3-9(6-10)7-13;1-14(2,3)13(15(4,5)6)12-10-8-7-9-11-12;;/h1-12,20,23H,13,22H2;1-13,20,22H,14,21H2;2-9H,10H2,1H3;2-6H,1H3,(H,16,17);7-8,10-11H,1-6H3;1H;/q;;;;-1;;+2/p-1. The summed E-state index contributed by atoms with van der Waals surface area (Å²) in [6.45, 7) is 17.8. The smallest absolute Gasteiger partial charge is 1.00 e. The molecule has 0 fully saturated rings. The number of hydrogen-bond acceptors (Lipinski definition) is 12. The number of aromatic nitrogens is 2. The largest absolute Gasteiger partial charge is 2.00 e. The predicted octanol–water partition coefficient (Wildman–Crippen LogP) is 15.0. The maximum absolute atomic E-state index is 11.0. The molecule has 7 N–H and O–H groups in total. The molecule has 10 aromatic carbocycles. The van der Waals surface area contributed by atoms with Crippen molar-refractivity contribution in [3.05, 3.63) is 326 Å². The van der Waals surface area contributed by atoms with Crippen molar-refractivity contribution in [3.63, 3.8) is 0 Å². The van der Waals surface area contributed by atoms with Crippen LogP contribution in [0.25, 0.3) is 5.69 Å². The molecule has 0 aliphatic rings. The summed E-state index contributed by atoms with van der Waals surface area (Å²) < 4.78 is 28.2. The molecule has 0 bridgehead atoms. The number of anilines is 3. The van der Waals surface area contributed by atoms with Crippen molar-refractivity contribution in [2.24, 2.45) is 0 Å². The summed E-state index contributed by atoms with van der Waals surface area (Å²) in [5.41, 5.74) is 22.4. The number of aromatic carboxylic acids is 1. The van der Waals surface area contributed by atoms with Gasteiger partial charge in [0, 0.05) is 11.4 Å². The fourth-order valence-electron chi connectivity index (χ4n) is 10.2. The maximum Gasteiger partial charge on any atom is 2.00 e. The molecule has 0 radical (unpaired) electrons. The van der Waals surface area contributed by atoms with Crippen molar-refractivity contribution in [2.75, 3.05) is 22.8 Å². The maximum atomic E-state index is 11.0. The summed E-state index contributed by atoms with van der Waals surface area (Å²) in [7, 11) is -0.931. The zero-order chi connectivity index (χ0) is 69.2. The van der Waals surface area contributed by atoms with Crippen molar-refractivity contribution in [2.45, 2.75) is 78.2 Å². The number of aliphatic hydroxyl groups excluding tert-OH is 2. The van der Waals surface area contributed by atoms with Crippen LogP contribution in [-0.2, 0) is 19.8 Å². The Bertz CT molecular complexity index is 4250. The van der Waals surface area contributed by atoms with Crippen molar-refractivity contribution in [3.8, 4) is 34.8 Å². The molecule has 1 heterocycles. The topological polar surface area (TPSA) is 212 Å². The van der Waals surface area contributed by atoms with Crippen LogP contribution in [0.5, 0.6) is 23.0 Å². The van der Waals surface area contributed by atoms with E-state index >= 15 is 0 Å². The van der Waals surface area contributed by atoms with Gasteiger partial charge < -0.3 is 62.4 Å². The molecule has 98 heavy (non-hydrogen) atoms. The van der Waals surface area contributed by atoms with Gasteiger partial charge in [-0.2, -0.15) is 40.7 Å². The summed E-state index contributed by atoms with van der Waals surface area (Å²) in [4.78, 5) is 11.0. The fraction of sp³-hybridized carbons (Fsp3) is 0.167. The molecule has 2 unspecified atom stereocenters. The third-order valence-electron chi connectivity index (χ3n) is 14.3. The number of nitriles is 1. The molecule has 1 aromatic heterocycles. The third-order valence-corrected chi connectivity index (χ3v) is 22.8. The van der Waals surface area contributed by atoms with Crippen LogP contribution < -0.4 is 47.1 Å². The zero-order valence-corrected chi connectivity index (χ0v) is 63.5. The second-order valence-corrected chi connectivity index (χ2v) is 35.7. The molecule has 11 rings (SSSR count). The first-order valence-corrected chi connectivity index (χ1v) is 39.3. The summed E-state index contributed by atoms with van der Waals surface area (Å²) >= 11 is 6.97. The minimum atomic E-state index is -1.29. The fourth-order valence-corrected chi connectivity index (χ4v) is 21.1. The number of halogens is 3. The molecule has 0 aliphatic heterocycles. The number of rotatable bonds is 19. The van der Waals surface area contributed by atoms with Crippen LogP contribution in [0.4, 0.5) is 17.1 Å². The molecule has 0 amide bonds. The van der Waals surface area contributed by atoms with Crippen molar-refractivity contribution in [1.29, 1.82) is 5.26 Å². The minimum Gasteiger partial charge on any atom is -1.00 e. The second-order valence-electron chi connectivity index (χ2n) is 24.0. The van der Waals surface area contributed by atoms with Crippen molar-refractivity contribution < 1.29 is 51.5 Å². The first-order valence-electron chi connectivity index (χ1n) is 30.9. The Morgan fingerprint density at radius 2 is 1.03 bits per heavy atom. The average molecular weight is 1510 g/mol. The molecule has 2 atom stereocenters. The van der Waals surface area contributed by atoms with Crippen molar-refractivity contribution in [1.82, 2.24) is 9.78 Å². The second kappa shape index (κ2) is 39.7. The van der Waals surface area contributed by atoms with Crippen LogP contribution in [-0.4, -0.2) is 77.7 Å². The van der Waals surface area contributed by atoms with Gasteiger partial charge in [-0.3, -0.25) is 0 Å². The number of methoxy groups -OCH3 is 1. The Morgan fingerprint density at radius 3 is 1.48 bits per heavy atom. The molecule has 14 nitrogen and oxygen atoms in total. The molecule has 502 valence electrons. The van der Waals surface area contributed by atoms with Gasteiger partial charge in [0.25, 0.3) is 0 Å². The summed E-state index contributed by atoms with van der Waals surface area (Å²) in [6.07, 6.45) is -1.42. The zero-order valence-electron chi connectivity index (χ0n) is 56.2. The monoisotopic (exact) mass is 1500 g/mol. The normalized spacial score (nSPS) is 11.1. The van der Waals surface area contributed by atoms with Gasteiger partial charge in [0.15, 0.2) is 5.69 Å². The van der Waals surface area contributed by atoms with Crippen LogP contribution in [0.15, 0.2) is 264 Å². The van der Waals surface area contributed by atoms with E-state index in [0.29, 0.717) is 48.1 Å². The Balaban J connectivity index is 0.000000223. The van der Waals surface area contributed by atoms with E-state index in [1.807, 2.05) is 188 Å². The van der Waals surface area contributed by atoms with Crippen LogP contribution >= 0.6 is 31.9 Å². The number of aryl methyl sites for hydroxylation is 1. The Morgan fingerprint density at radius 1 is 0.571 bits per heavy atom. The van der Waals surface area contributed by atoms with Gasteiger partial charge >= 0.3 is 29.0 Å². The van der Waals surface area contributed by atoms with Gasteiger partial charge in [-0.25, -0.2) is 9.48 Å². The molecule has 0 saturated carbocycles. The van der Waals surface area contributed by atoms with E-state index in [0.717, 1.165) is 70.9 Å². The SMILES string of the molecule is COc1ccc(OCc2ccccc2)c(Br)c1.C[Si](C)(C)N(c1c[c-]ccc1)[Si](C)(C)C.Cc1cc(C(=O)O)n(-c2cccc(C#N)c2)n1.Nc1cccc(C(O)c2ccc(OCc3ccccc3)c(Br)c2)c1.Nc1cccc(C(O)c2ccc(OCc3ccccc3)cc2)c1.[Cl-].[Mg+2]. The van der Waals surface area contributed by atoms with E-state index in [1.165, 1.54) is 16.4 Å². The number of nitrogens with two attached hydrogens (primary N) is 2. The molecule has 11 aromatic rings. The van der Waals surface area contributed by atoms with Gasteiger partial charge in [0.2, 0.25) is 0 Å². The van der Waals surface area contributed by atoms with Gasteiger partial charge in [-0.15, -0.1) is 0 Å². The number of aliphatic hydroxyl groups is 2. The number of nitrogens with zero attached hydrogens (tertiary/aromatic N) is 4. The van der Waals surface area contributed by atoms with Gasteiger partial charge in [0.1, 0.15) is 71.5 Å². The van der Waals surface area contributed by atoms with Crippen LogP contribution in [0, 0.1) is 24.3 Å².